The zero-order valence-electron chi connectivity index (χ0n) is 15.0. The van der Waals surface area contributed by atoms with Gasteiger partial charge in [-0.2, -0.15) is 0 Å². The number of anilines is 1. The molecule has 2 aliphatic rings. The first kappa shape index (κ1) is 17.0. The summed E-state index contributed by atoms with van der Waals surface area (Å²) in [6, 6.07) is 7.89. The number of carbonyl (C=O) groups is 1. The van der Waals surface area contributed by atoms with Crippen molar-refractivity contribution >= 4 is 11.7 Å². The van der Waals surface area contributed by atoms with Crippen LogP contribution in [0.4, 0.5) is 5.82 Å². The first-order chi connectivity index (χ1) is 12.8. The number of pyridine rings is 2. The summed E-state index contributed by atoms with van der Waals surface area (Å²) in [5.74, 6) is 0.970. The third-order valence-corrected chi connectivity index (χ3v) is 5.24. The van der Waals surface area contributed by atoms with E-state index in [-0.39, 0.29) is 5.91 Å². The molecule has 6 nitrogen and oxygen atoms in total. The molecule has 0 bridgehead atoms. The minimum Gasteiger partial charge on any atom is -0.356 e. The molecule has 2 aromatic rings. The summed E-state index contributed by atoms with van der Waals surface area (Å²) in [6.45, 7) is 6.22. The van der Waals surface area contributed by atoms with E-state index in [1.165, 1.54) is 18.4 Å². The Morgan fingerprint density at radius 1 is 0.923 bits per heavy atom. The SMILES string of the molecule is O=C(c1cccnc1N1CCCC1)N1CCN(Cc2ccncc2)CC1. The highest BCUT2D eigenvalue weighted by Crippen LogP contribution is 2.23. The molecule has 0 saturated carbocycles. The predicted molar refractivity (Wildman–Crippen MR) is 101 cm³/mol. The van der Waals surface area contributed by atoms with Crippen LogP contribution in [0.15, 0.2) is 42.9 Å². The van der Waals surface area contributed by atoms with Crippen LogP contribution >= 0.6 is 0 Å². The molecule has 2 saturated heterocycles. The molecule has 0 spiro atoms. The van der Waals surface area contributed by atoms with Crippen LogP contribution in [0.1, 0.15) is 28.8 Å². The Balaban J connectivity index is 1.39. The van der Waals surface area contributed by atoms with E-state index >= 15 is 0 Å². The Bertz CT molecular complexity index is 737. The Morgan fingerprint density at radius 2 is 1.65 bits per heavy atom. The first-order valence-corrected chi connectivity index (χ1v) is 9.42. The predicted octanol–water partition coefficient (Wildman–Crippen LogP) is 2.03. The van der Waals surface area contributed by atoms with Gasteiger partial charge in [-0.25, -0.2) is 4.98 Å². The molecule has 0 aliphatic carbocycles. The van der Waals surface area contributed by atoms with Crippen molar-refractivity contribution in [3.8, 4) is 0 Å². The van der Waals surface area contributed by atoms with Gasteiger partial charge in [0, 0.05) is 64.4 Å². The topological polar surface area (TPSA) is 52.6 Å². The molecule has 1 amide bonds. The number of piperazine rings is 1. The summed E-state index contributed by atoms with van der Waals surface area (Å²) in [7, 11) is 0. The Morgan fingerprint density at radius 3 is 2.38 bits per heavy atom. The minimum absolute atomic E-state index is 0.114. The van der Waals surface area contributed by atoms with E-state index in [4.69, 9.17) is 0 Å². The maximum absolute atomic E-state index is 13.1. The quantitative estimate of drug-likeness (QED) is 0.844. The molecule has 6 heteroatoms. The second-order valence-electron chi connectivity index (χ2n) is 6.99. The van der Waals surface area contributed by atoms with E-state index in [1.807, 2.05) is 29.4 Å². The van der Waals surface area contributed by atoms with Gasteiger partial charge in [0.15, 0.2) is 0 Å². The van der Waals surface area contributed by atoms with Gasteiger partial charge in [0.05, 0.1) is 5.56 Å². The van der Waals surface area contributed by atoms with E-state index in [9.17, 15) is 4.79 Å². The molecule has 0 unspecified atom stereocenters. The summed E-state index contributed by atoms with van der Waals surface area (Å²) in [6.07, 6.45) is 7.81. The monoisotopic (exact) mass is 351 g/mol. The van der Waals surface area contributed by atoms with Crippen molar-refractivity contribution in [2.75, 3.05) is 44.2 Å². The first-order valence-electron chi connectivity index (χ1n) is 9.42. The van der Waals surface area contributed by atoms with Crippen molar-refractivity contribution in [3.63, 3.8) is 0 Å². The summed E-state index contributed by atoms with van der Waals surface area (Å²) >= 11 is 0. The Hall–Kier alpha value is -2.47. The summed E-state index contributed by atoms with van der Waals surface area (Å²) in [4.78, 5) is 28.3. The maximum atomic E-state index is 13.1. The van der Waals surface area contributed by atoms with E-state index in [0.29, 0.717) is 0 Å². The lowest BCUT2D eigenvalue weighted by Gasteiger charge is -2.35. The molecule has 0 N–H and O–H groups in total. The standard InChI is InChI=1S/C20H25N5O/c26-20(18-4-3-7-22-19(18)24-10-1-2-11-24)25-14-12-23(13-15-25)16-17-5-8-21-9-6-17/h3-9H,1-2,10-16H2. The van der Waals surface area contributed by atoms with Gasteiger partial charge in [-0.05, 0) is 42.7 Å². The number of hydrogen-bond donors (Lipinski definition) is 0. The number of carbonyl (C=O) groups excluding carboxylic acids is 1. The van der Waals surface area contributed by atoms with Gasteiger partial charge in [0.1, 0.15) is 5.82 Å². The zero-order chi connectivity index (χ0) is 17.8. The highest BCUT2D eigenvalue weighted by atomic mass is 16.2. The number of rotatable bonds is 4. The minimum atomic E-state index is 0.114. The molecule has 26 heavy (non-hydrogen) atoms. The molecule has 2 aliphatic heterocycles. The van der Waals surface area contributed by atoms with Crippen LogP contribution in [0.25, 0.3) is 0 Å². The van der Waals surface area contributed by atoms with Crippen LogP contribution < -0.4 is 4.90 Å². The molecule has 2 fully saturated rings. The van der Waals surface area contributed by atoms with Crippen molar-refractivity contribution in [2.45, 2.75) is 19.4 Å². The number of nitrogens with zero attached hydrogens (tertiary/aromatic N) is 5. The molecule has 4 rings (SSSR count). The van der Waals surface area contributed by atoms with E-state index in [1.54, 1.807) is 6.20 Å². The lowest BCUT2D eigenvalue weighted by molar-refractivity contribution is 0.0628. The second kappa shape index (κ2) is 7.83. The van der Waals surface area contributed by atoms with Crippen molar-refractivity contribution in [1.82, 2.24) is 19.8 Å². The summed E-state index contributed by atoms with van der Waals surface area (Å²) in [5, 5.41) is 0. The van der Waals surface area contributed by atoms with Crippen molar-refractivity contribution in [3.05, 3.63) is 54.0 Å². The molecule has 0 atom stereocenters. The number of aromatic nitrogens is 2. The molecule has 2 aromatic heterocycles. The van der Waals surface area contributed by atoms with Crippen molar-refractivity contribution < 1.29 is 4.79 Å². The van der Waals surface area contributed by atoms with Crippen LogP contribution in [-0.4, -0.2) is 64.9 Å². The van der Waals surface area contributed by atoms with E-state index < -0.39 is 0 Å². The Kier molecular flexibility index (Phi) is 5.11. The fraction of sp³-hybridized carbons (Fsp3) is 0.450. The number of amides is 1. The second-order valence-corrected chi connectivity index (χ2v) is 6.99. The van der Waals surface area contributed by atoms with Crippen molar-refractivity contribution in [1.29, 1.82) is 0 Å². The van der Waals surface area contributed by atoms with Gasteiger partial charge < -0.3 is 9.80 Å². The highest BCUT2D eigenvalue weighted by molar-refractivity contribution is 5.99. The van der Waals surface area contributed by atoms with E-state index in [2.05, 4.69) is 31.9 Å². The third-order valence-electron chi connectivity index (χ3n) is 5.24. The smallest absolute Gasteiger partial charge is 0.257 e. The molecular formula is C20H25N5O. The van der Waals surface area contributed by atoms with Gasteiger partial charge in [-0.1, -0.05) is 0 Å². The zero-order valence-corrected chi connectivity index (χ0v) is 15.0. The number of hydrogen-bond acceptors (Lipinski definition) is 5. The Labute approximate surface area is 154 Å². The molecule has 136 valence electrons. The lowest BCUT2D eigenvalue weighted by Crippen LogP contribution is -2.48. The summed E-state index contributed by atoms with van der Waals surface area (Å²) < 4.78 is 0. The van der Waals surface area contributed by atoms with Crippen molar-refractivity contribution in [2.24, 2.45) is 0 Å². The van der Waals surface area contributed by atoms with Crippen LogP contribution in [0.2, 0.25) is 0 Å². The maximum Gasteiger partial charge on any atom is 0.257 e. The van der Waals surface area contributed by atoms with Gasteiger partial charge in [-0.15, -0.1) is 0 Å². The van der Waals surface area contributed by atoms with Gasteiger partial charge in [0.2, 0.25) is 0 Å². The normalized spacial score (nSPS) is 18.3. The fourth-order valence-electron chi connectivity index (χ4n) is 3.77. The molecular weight excluding hydrogens is 326 g/mol. The third kappa shape index (κ3) is 3.70. The largest absolute Gasteiger partial charge is 0.356 e. The van der Waals surface area contributed by atoms with Gasteiger partial charge in [0.25, 0.3) is 5.91 Å². The van der Waals surface area contributed by atoms with Gasteiger partial charge >= 0.3 is 0 Å². The summed E-state index contributed by atoms with van der Waals surface area (Å²) in [5.41, 5.74) is 2.01. The average Bonchev–Trinajstić information content (AvgIpc) is 3.24. The highest BCUT2D eigenvalue weighted by Gasteiger charge is 2.26. The fourth-order valence-corrected chi connectivity index (χ4v) is 3.77. The van der Waals surface area contributed by atoms with E-state index in [0.717, 1.165) is 57.2 Å². The van der Waals surface area contributed by atoms with Crippen LogP contribution in [0.5, 0.6) is 0 Å². The lowest BCUT2D eigenvalue weighted by atomic mass is 10.1. The van der Waals surface area contributed by atoms with Crippen LogP contribution in [0, 0.1) is 0 Å². The molecule has 4 heterocycles. The van der Waals surface area contributed by atoms with Crippen LogP contribution in [-0.2, 0) is 6.54 Å². The molecule has 0 radical (unpaired) electrons. The average molecular weight is 351 g/mol. The molecule has 0 aromatic carbocycles. The van der Waals surface area contributed by atoms with Gasteiger partial charge in [-0.3, -0.25) is 14.7 Å². The van der Waals surface area contributed by atoms with Crippen LogP contribution in [0.3, 0.4) is 0 Å².